The Labute approximate surface area is 272 Å². The van der Waals surface area contributed by atoms with E-state index in [-0.39, 0.29) is 12.0 Å². The Kier molecular flexibility index (Phi) is 7.27. The number of benzene rings is 6. The molecule has 0 radical (unpaired) electrons. The van der Waals surface area contributed by atoms with E-state index in [0.29, 0.717) is 0 Å². The number of hydrogen-bond donors (Lipinski definition) is 0. The van der Waals surface area contributed by atoms with Gasteiger partial charge in [0.1, 0.15) is 11.9 Å². The van der Waals surface area contributed by atoms with Crippen LogP contribution in [-0.4, -0.2) is 0 Å². The van der Waals surface area contributed by atoms with Crippen molar-refractivity contribution in [1.82, 2.24) is 0 Å². The maximum absolute atomic E-state index is 6.76. The molecule has 2 atom stereocenters. The predicted octanol–water partition coefficient (Wildman–Crippen LogP) is 11.9. The topological polar surface area (TPSA) is 12.5 Å². The van der Waals surface area contributed by atoms with E-state index in [1.54, 1.807) is 0 Å². The summed E-state index contributed by atoms with van der Waals surface area (Å²) in [4.78, 5) is 2.44. The van der Waals surface area contributed by atoms with Crippen LogP contribution >= 0.6 is 0 Å². The minimum absolute atomic E-state index is 0.0881. The van der Waals surface area contributed by atoms with Gasteiger partial charge >= 0.3 is 0 Å². The summed E-state index contributed by atoms with van der Waals surface area (Å²) in [7, 11) is 0. The Morgan fingerprint density at radius 3 is 2.11 bits per heavy atom. The lowest BCUT2D eigenvalue weighted by atomic mass is 9.83. The SMILES string of the molecule is CCc1ccccc1-c1cc(N(c2ccc(-c3ccccc3)cc2)c2cccc3c2C2Oc4ccccc4C2C=C3)ccc1CC. The summed E-state index contributed by atoms with van der Waals surface area (Å²) < 4.78 is 6.76. The molecular formula is C44H37NO. The van der Waals surface area contributed by atoms with Crippen LogP contribution in [0, 0.1) is 0 Å². The molecule has 2 aliphatic rings. The van der Waals surface area contributed by atoms with Crippen molar-refractivity contribution in [1.29, 1.82) is 0 Å². The summed E-state index contributed by atoms with van der Waals surface area (Å²) in [6.45, 7) is 4.50. The van der Waals surface area contributed by atoms with E-state index in [9.17, 15) is 0 Å². The highest BCUT2D eigenvalue weighted by Crippen LogP contribution is 2.54. The normalized spacial score (nSPS) is 15.9. The number of ether oxygens (including phenoxy) is 1. The lowest BCUT2D eigenvalue weighted by Gasteiger charge is -2.33. The van der Waals surface area contributed by atoms with Crippen LogP contribution < -0.4 is 9.64 Å². The van der Waals surface area contributed by atoms with Crippen LogP contribution in [0.25, 0.3) is 28.3 Å². The average Bonchev–Trinajstić information content (AvgIpc) is 3.51. The van der Waals surface area contributed by atoms with Gasteiger partial charge in [0.2, 0.25) is 0 Å². The second kappa shape index (κ2) is 11.9. The molecule has 0 saturated carbocycles. The molecular weight excluding hydrogens is 558 g/mol. The third-order valence-corrected chi connectivity index (χ3v) is 9.64. The second-order valence-corrected chi connectivity index (χ2v) is 12.2. The molecule has 0 amide bonds. The molecule has 0 saturated heterocycles. The average molecular weight is 596 g/mol. The van der Waals surface area contributed by atoms with Crippen LogP contribution in [0.1, 0.15) is 53.7 Å². The molecule has 46 heavy (non-hydrogen) atoms. The second-order valence-electron chi connectivity index (χ2n) is 12.2. The van der Waals surface area contributed by atoms with E-state index in [4.69, 9.17) is 4.74 Å². The molecule has 8 rings (SSSR count). The van der Waals surface area contributed by atoms with Crippen molar-refractivity contribution >= 4 is 23.1 Å². The molecule has 0 spiro atoms. The van der Waals surface area contributed by atoms with Crippen LogP contribution in [0.2, 0.25) is 0 Å². The van der Waals surface area contributed by atoms with Gasteiger partial charge in [0, 0.05) is 28.4 Å². The van der Waals surface area contributed by atoms with Gasteiger partial charge < -0.3 is 9.64 Å². The number of anilines is 3. The number of para-hydroxylation sites is 1. The first kappa shape index (κ1) is 28.2. The highest BCUT2D eigenvalue weighted by molar-refractivity contribution is 5.86. The minimum atomic E-state index is -0.0881. The quantitative estimate of drug-likeness (QED) is 0.182. The summed E-state index contributed by atoms with van der Waals surface area (Å²) in [6, 6.07) is 50.6. The molecule has 224 valence electrons. The maximum atomic E-state index is 6.76. The van der Waals surface area contributed by atoms with E-state index in [1.165, 1.54) is 50.1 Å². The fourth-order valence-electron chi connectivity index (χ4n) is 7.32. The summed E-state index contributed by atoms with van der Waals surface area (Å²) in [5, 5.41) is 0. The van der Waals surface area contributed by atoms with Crippen LogP contribution in [0.4, 0.5) is 17.1 Å². The largest absolute Gasteiger partial charge is 0.484 e. The maximum Gasteiger partial charge on any atom is 0.137 e. The lowest BCUT2D eigenvalue weighted by molar-refractivity contribution is 0.224. The fraction of sp³-hybridized carbons (Fsp3) is 0.136. The van der Waals surface area contributed by atoms with Gasteiger partial charge in [0.25, 0.3) is 0 Å². The van der Waals surface area contributed by atoms with Gasteiger partial charge in [-0.1, -0.05) is 129 Å². The number of fused-ring (bicyclic) bond motifs is 5. The van der Waals surface area contributed by atoms with Crippen molar-refractivity contribution < 1.29 is 4.74 Å². The summed E-state index contributed by atoms with van der Waals surface area (Å²) in [5.41, 5.74) is 14.9. The van der Waals surface area contributed by atoms with Crippen LogP contribution in [0.15, 0.2) is 146 Å². The Morgan fingerprint density at radius 2 is 1.28 bits per heavy atom. The van der Waals surface area contributed by atoms with Crippen LogP contribution in [0.5, 0.6) is 5.75 Å². The van der Waals surface area contributed by atoms with Gasteiger partial charge in [-0.2, -0.15) is 0 Å². The Balaban J connectivity index is 1.32. The van der Waals surface area contributed by atoms with Crippen LogP contribution in [0.3, 0.4) is 0 Å². The Morgan fingerprint density at radius 1 is 0.587 bits per heavy atom. The highest BCUT2D eigenvalue weighted by Gasteiger charge is 2.39. The number of nitrogens with zero attached hydrogens (tertiary/aromatic N) is 1. The van der Waals surface area contributed by atoms with Gasteiger partial charge in [-0.3, -0.25) is 0 Å². The molecule has 1 aliphatic carbocycles. The van der Waals surface area contributed by atoms with E-state index in [0.717, 1.165) is 35.7 Å². The molecule has 6 aromatic carbocycles. The zero-order valence-electron chi connectivity index (χ0n) is 26.4. The van der Waals surface area contributed by atoms with Crippen molar-refractivity contribution in [3.05, 3.63) is 173 Å². The zero-order chi connectivity index (χ0) is 31.0. The number of aryl methyl sites for hydroxylation is 2. The summed E-state index contributed by atoms with van der Waals surface area (Å²) in [6.07, 6.45) is 6.48. The third kappa shape index (κ3) is 4.82. The smallest absolute Gasteiger partial charge is 0.137 e. The van der Waals surface area contributed by atoms with Gasteiger partial charge in [-0.15, -0.1) is 0 Å². The minimum Gasteiger partial charge on any atom is -0.484 e. The predicted molar refractivity (Wildman–Crippen MR) is 192 cm³/mol. The van der Waals surface area contributed by atoms with Crippen LogP contribution in [-0.2, 0) is 12.8 Å². The summed E-state index contributed by atoms with van der Waals surface area (Å²) in [5.74, 6) is 1.16. The molecule has 0 bridgehead atoms. The van der Waals surface area contributed by atoms with Gasteiger partial charge in [-0.25, -0.2) is 0 Å². The van der Waals surface area contributed by atoms with Crippen molar-refractivity contribution in [3.63, 3.8) is 0 Å². The Bertz CT molecular complexity index is 2060. The molecule has 6 aromatic rings. The molecule has 1 heterocycles. The van der Waals surface area contributed by atoms with Gasteiger partial charge in [0.05, 0.1) is 5.69 Å². The highest BCUT2D eigenvalue weighted by atomic mass is 16.5. The molecule has 0 N–H and O–H groups in total. The monoisotopic (exact) mass is 595 g/mol. The first-order chi connectivity index (χ1) is 22.7. The van der Waals surface area contributed by atoms with E-state index < -0.39 is 0 Å². The van der Waals surface area contributed by atoms with E-state index >= 15 is 0 Å². The molecule has 2 unspecified atom stereocenters. The van der Waals surface area contributed by atoms with E-state index in [1.807, 2.05) is 0 Å². The van der Waals surface area contributed by atoms with Crippen molar-refractivity contribution in [2.24, 2.45) is 0 Å². The van der Waals surface area contributed by atoms with E-state index in [2.05, 4.69) is 170 Å². The third-order valence-electron chi connectivity index (χ3n) is 9.64. The molecule has 1 aliphatic heterocycles. The molecule has 0 aromatic heterocycles. The van der Waals surface area contributed by atoms with Gasteiger partial charge in [-0.05, 0) is 88.2 Å². The standard InChI is InChI=1S/C44H37NO/c1-3-30-13-8-9-17-37(30)40-29-36(27-21-31(40)4-2)45(35-25-22-33(23-26-35)32-14-6-5-7-15-32)41-19-12-16-34-24-28-39-38-18-10-11-20-42(38)46-44(39)43(34)41/h5-29,39,44H,3-4H2,1-2H3. The first-order valence-electron chi connectivity index (χ1n) is 16.5. The molecule has 2 heteroatoms. The van der Waals surface area contributed by atoms with Crippen molar-refractivity contribution in [2.75, 3.05) is 4.90 Å². The number of hydrogen-bond acceptors (Lipinski definition) is 2. The first-order valence-corrected chi connectivity index (χ1v) is 16.5. The fourth-order valence-corrected chi connectivity index (χ4v) is 7.32. The molecule has 0 fully saturated rings. The molecule has 2 nitrogen and oxygen atoms in total. The van der Waals surface area contributed by atoms with Gasteiger partial charge in [0.15, 0.2) is 0 Å². The Hall–Kier alpha value is -5.34. The van der Waals surface area contributed by atoms with Crippen molar-refractivity contribution in [3.8, 4) is 28.0 Å². The van der Waals surface area contributed by atoms with Crippen molar-refractivity contribution in [2.45, 2.75) is 38.7 Å². The summed E-state index contributed by atoms with van der Waals surface area (Å²) >= 11 is 0. The lowest BCUT2D eigenvalue weighted by Crippen LogP contribution is -2.19. The zero-order valence-corrected chi connectivity index (χ0v) is 26.4. The number of rotatable bonds is 7.